The van der Waals surface area contributed by atoms with E-state index in [0.29, 0.717) is 17.9 Å². The lowest BCUT2D eigenvalue weighted by Crippen LogP contribution is -2.09. The van der Waals surface area contributed by atoms with Crippen molar-refractivity contribution in [1.82, 2.24) is 20.0 Å². The lowest BCUT2D eigenvalue weighted by atomic mass is 10.5. The number of thiazole rings is 1. The standard InChI is InChI=1S/C10H11F3N4O2S2/c1-2-17-3-7(15-16-17)5-21(18,19)6-8-4-20-9(14-8)10(11,12)13/h3-4H,2,5-6H2,1H3. The summed E-state index contributed by atoms with van der Waals surface area (Å²) in [4.78, 5) is 3.30. The molecule has 6 nitrogen and oxygen atoms in total. The second kappa shape index (κ2) is 5.72. The molecule has 0 aliphatic heterocycles. The van der Waals surface area contributed by atoms with E-state index in [1.54, 1.807) is 0 Å². The second-order valence-electron chi connectivity index (χ2n) is 4.24. The quantitative estimate of drug-likeness (QED) is 0.830. The van der Waals surface area contributed by atoms with Gasteiger partial charge in [0, 0.05) is 18.1 Å². The van der Waals surface area contributed by atoms with E-state index in [9.17, 15) is 21.6 Å². The molecule has 2 rings (SSSR count). The summed E-state index contributed by atoms with van der Waals surface area (Å²) in [5.74, 6) is -0.940. The van der Waals surface area contributed by atoms with Gasteiger partial charge in [-0.3, -0.25) is 4.68 Å². The van der Waals surface area contributed by atoms with E-state index >= 15 is 0 Å². The molecule has 0 spiro atoms. The van der Waals surface area contributed by atoms with Gasteiger partial charge in [-0.05, 0) is 6.92 Å². The van der Waals surface area contributed by atoms with Crippen molar-refractivity contribution in [3.63, 3.8) is 0 Å². The van der Waals surface area contributed by atoms with Gasteiger partial charge in [-0.25, -0.2) is 13.4 Å². The van der Waals surface area contributed by atoms with Crippen LogP contribution in [0.3, 0.4) is 0 Å². The average molecular weight is 340 g/mol. The summed E-state index contributed by atoms with van der Waals surface area (Å²) in [5, 5.41) is 7.45. The molecular weight excluding hydrogens is 329 g/mol. The Morgan fingerprint density at radius 2 is 1.95 bits per heavy atom. The van der Waals surface area contributed by atoms with Crippen LogP contribution in [0.4, 0.5) is 13.2 Å². The molecule has 0 saturated heterocycles. The summed E-state index contributed by atoms with van der Waals surface area (Å²) in [5.41, 5.74) is 0.137. The van der Waals surface area contributed by atoms with E-state index < -0.39 is 26.8 Å². The van der Waals surface area contributed by atoms with Gasteiger partial charge in [-0.1, -0.05) is 5.21 Å². The molecule has 0 saturated carbocycles. The van der Waals surface area contributed by atoms with Gasteiger partial charge in [-0.2, -0.15) is 13.2 Å². The number of aromatic nitrogens is 4. The third-order valence-electron chi connectivity index (χ3n) is 2.44. The van der Waals surface area contributed by atoms with Crippen molar-refractivity contribution < 1.29 is 21.6 Å². The van der Waals surface area contributed by atoms with Crippen molar-refractivity contribution in [2.45, 2.75) is 31.2 Å². The number of halogens is 3. The van der Waals surface area contributed by atoms with Crippen LogP contribution in [0.1, 0.15) is 23.3 Å². The van der Waals surface area contributed by atoms with Crippen LogP contribution < -0.4 is 0 Å². The van der Waals surface area contributed by atoms with Gasteiger partial charge in [0.05, 0.1) is 22.9 Å². The summed E-state index contributed by atoms with van der Waals surface area (Å²) in [6.45, 7) is 2.37. The molecule has 21 heavy (non-hydrogen) atoms. The molecular formula is C10H11F3N4O2S2. The van der Waals surface area contributed by atoms with Crippen LogP contribution in [-0.4, -0.2) is 28.4 Å². The summed E-state index contributed by atoms with van der Waals surface area (Å²) in [6, 6.07) is 0. The summed E-state index contributed by atoms with van der Waals surface area (Å²) in [6.07, 6.45) is -3.07. The van der Waals surface area contributed by atoms with Gasteiger partial charge in [-0.15, -0.1) is 16.4 Å². The Morgan fingerprint density at radius 3 is 2.48 bits per heavy atom. The number of hydrogen-bond acceptors (Lipinski definition) is 6. The summed E-state index contributed by atoms with van der Waals surface area (Å²) >= 11 is 0.379. The molecule has 116 valence electrons. The monoisotopic (exact) mass is 340 g/mol. The molecule has 2 aromatic rings. The number of alkyl halides is 3. The van der Waals surface area contributed by atoms with Crippen molar-refractivity contribution in [2.75, 3.05) is 0 Å². The average Bonchev–Trinajstić information content (AvgIpc) is 2.96. The maximum atomic E-state index is 12.4. The highest BCUT2D eigenvalue weighted by Crippen LogP contribution is 2.32. The minimum absolute atomic E-state index is 0.116. The molecule has 0 aliphatic carbocycles. The van der Waals surface area contributed by atoms with Crippen LogP contribution in [0.25, 0.3) is 0 Å². The molecule has 0 atom stereocenters. The van der Waals surface area contributed by atoms with Gasteiger partial charge >= 0.3 is 6.18 Å². The largest absolute Gasteiger partial charge is 0.443 e. The first-order valence-corrected chi connectivity index (χ1v) is 8.51. The van der Waals surface area contributed by atoms with Gasteiger partial charge in [0.2, 0.25) is 0 Å². The van der Waals surface area contributed by atoms with E-state index in [0.717, 1.165) is 5.38 Å². The van der Waals surface area contributed by atoms with Crippen LogP contribution in [0.5, 0.6) is 0 Å². The summed E-state index contributed by atoms with van der Waals surface area (Å²) in [7, 11) is -3.65. The van der Waals surface area contributed by atoms with Crippen molar-refractivity contribution in [3.05, 3.63) is 28.0 Å². The first-order valence-electron chi connectivity index (χ1n) is 5.80. The van der Waals surface area contributed by atoms with Gasteiger partial charge < -0.3 is 0 Å². The Labute approximate surface area is 122 Å². The maximum absolute atomic E-state index is 12.4. The maximum Gasteiger partial charge on any atom is 0.443 e. The molecule has 0 fully saturated rings. The number of nitrogens with zero attached hydrogens (tertiary/aromatic N) is 4. The molecule has 0 radical (unpaired) electrons. The highest BCUT2D eigenvalue weighted by molar-refractivity contribution is 7.89. The third-order valence-corrected chi connectivity index (χ3v) is 4.85. The predicted octanol–water partition coefficient (Wildman–Crippen LogP) is 1.89. The van der Waals surface area contributed by atoms with Crippen LogP contribution in [0.2, 0.25) is 0 Å². The van der Waals surface area contributed by atoms with E-state index in [-0.39, 0.29) is 17.1 Å². The number of rotatable bonds is 5. The lowest BCUT2D eigenvalue weighted by Gasteiger charge is -2.01. The first kappa shape index (κ1) is 15.9. The Balaban J connectivity index is 2.08. The SMILES string of the molecule is CCn1cc(CS(=O)(=O)Cc2csc(C(F)(F)F)n2)nn1. The number of sulfone groups is 1. The van der Waals surface area contributed by atoms with Gasteiger partial charge in [0.15, 0.2) is 14.8 Å². The topological polar surface area (TPSA) is 77.7 Å². The Bertz CT molecular complexity index is 721. The van der Waals surface area contributed by atoms with Crippen molar-refractivity contribution in [2.24, 2.45) is 0 Å². The molecule has 2 aromatic heterocycles. The number of hydrogen-bond donors (Lipinski definition) is 0. The molecule has 11 heteroatoms. The minimum Gasteiger partial charge on any atom is -0.253 e. The minimum atomic E-state index is -4.56. The van der Waals surface area contributed by atoms with E-state index in [1.165, 1.54) is 10.9 Å². The normalized spacial score (nSPS) is 12.8. The van der Waals surface area contributed by atoms with E-state index in [2.05, 4.69) is 15.3 Å². The van der Waals surface area contributed by atoms with Crippen LogP contribution >= 0.6 is 11.3 Å². The molecule has 0 aliphatic rings. The zero-order valence-corrected chi connectivity index (χ0v) is 12.5. The van der Waals surface area contributed by atoms with E-state index in [4.69, 9.17) is 0 Å². The van der Waals surface area contributed by atoms with E-state index in [1.807, 2.05) is 6.92 Å². The van der Waals surface area contributed by atoms with Crippen molar-refractivity contribution in [3.8, 4) is 0 Å². The van der Waals surface area contributed by atoms with Gasteiger partial charge in [0.25, 0.3) is 0 Å². The fraction of sp³-hybridized carbons (Fsp3) is 0.500. The van der Waals surface area contributed by atoms with Crippen LogP contribution in [0.15, 0.2) is 11.6 Å². The fourth-order valence-corrected chi connectivity index (χ4v) is 3.64. The van der Waals surface area contributed by atoms with Crippen LogP contribution in [0, 0.1) is 0 Å². The first-order chi connectivity index (χ1) is 9.69. The molecule has 0 amide bonds. The Morgan fingerprint density at radius 1 is 1.29 bits per heavy atom. The molecule has 2 heterocycles. The Hall–Kier alpha value is -1.49. The van der Waals surface area contributed by atoms with Crippen molar-refractivity contribution in [1.29, 1.82) is 0 Å². The molecule has 0 unspecified atom stereocenters. The zero-order valence-electron chi connectivity index (χ0n) is 10.8. The number of aryl methyl sites for hydroxylation is 1. The lowest BCUT2D eigenvalue weighted by molar-refractivity contribution is -0.137. The zero-order chi connectivity index (χ0) is 15.7. The highest BCUT2D eigenvalue weighted by atomic mass is 32.2. The Kier molecular flexibility index (Phi) is 4.33. The van der Waals surface area contributed by atoms with Gasteiger partial charge in [0.1, 0.15) is 0 Å². The van der Waals surface area contributed by atoms with Crippen molar-refractivity contribution >= 4 is 21.2 Å². The molecule has 0 aromatic carbocycles. The third kappa shape index (κ3) is 4.24. The predicted molar refractivity (Wildman–Crippen MR) is 69.1 cm³/mol. The smallest absolute Gasteiger partial charge is 0.253 e. The fourth-order valence-electron chi connectivity index (χ4n) is 1.56. The molecule has 0 bridgehead atoms. The molecule has 0 N–H and O–H groups in total. The second-order valence-corrected chi connectivity index (χ2v) is 7.16. The highest BCUT2D eigenvalue weighted by Gasteiger charge is 2.34. The summed E-state index contributed by atoms with van der Waals surface area (Å²) < 4.78 is 62.5. The van der Waals surface area contributed by atoms with Crippen LogP contribution in [-0.2, 0) is 34.1 Å².